The Morgan fingerprint density at radius 2 is 2.35 bits per heavy atom. The molecule has 0 saturated heterocycles. The summed E-state index contributed by atoms with van der Waals surface area (Å²) in [6, 6.07) is 4.78. The molecule has 2 aromatic rings. The van der Waals surface area contributed by atoms with Gasteiger partial charge in [-0.3, -0.25) is 9.59 Å². The van der Waals surface area contributed by atoms with E-state index in [1.807, 2.05) is 5.38 Å². The Hall–Kier alpha value is -1.95. The van der Waals surface area contributed by atoms with Gasteiger partial charge in [-0.05, 0) is 17.5 Å². The van der Waals surface area contributed by atoms with Crippen LogP contribution in [0.5, 0.6) is 0 Å². The molecular weight excluding hydrogens is 238 g/mol. The predicted molar refractivity (Wildman–Crippen MR) is 65.1 cm³/mol. The molecule has 1 N–H and O–H groups in total. The lowest BCUT2D eigenvalue weighted by Crippen LogP contribution is -2.31. The zero-order valence-electron chi connectivity index (χ0n) is 9.00. The lowest BCUT2D eigenvalue weighted by atomic mass is 10.3. The monoisotopic (exact) mass is 249 g/mol. The van der Waals surface area contributed by atoms with Crippen molar-refractivity contribution in [3.05, 3.63) is 51.1 Å². The molecule has 0 bridgehead atoms. The van der Waals surface area contributed by atoms with Crippen molar-refractivity contribution in [1.82, 2.24) is 15.1 Å². The Morgan fingerprint density at radius 3 is 3.06 bits per heavy atom. The van der Waals surface area contributed by atoms with Crippen molar-refractivity contribution in [3.8, 4) is 0 Å². The highest BCUT2D eigenvalue weighted by molar-refractivity contribution is 7.08. The molecule has 0 spiro atoms. The normalized spacial score (nSPS) is 10.1. The molecule has 1 amide bonds. The van der Waals surface area contributed by atoms with Crippen LogP contribution in [0.2, 0.25) is 0 Å². The molecule has 0 fully saturated rings. The van der Waals surface area contributed by atoms with Gasteiger partial charge in [-0.1, -0.05) is 0 Å². The molecule has 0 unspecified atom stereocenters. The maximum atomic E-state index is 11.6. The van der Waals surface area contributed by atoms with Crippen molar-refractivity contribution in [2.45, 2.75) is 6.54 Å². The molecule has 2 heterocycles. The summed E-state index contributed by atoms with van der Waals surface area (Å²) in [5.41, 5.74) is 0.473. The van der Waals surface area contributed by atoms with Crippen molar-refractivity contribution >= 4 is 17.2 Å². The fraction of sp³-hybridized carbons (Fsp3) is 0.182. The molecule has 0 aliphatic heterocycles. The summed E-state index contributed by atoms with van der Waals surface area (Å²) in [7, 11) is 0. The van der Waals surface area contributed by atoms with Gasteiger partial charge in [0.15, 0.2) is 0 Å². The van der Waals surface area contributed by atoms with Gasteiger partial charge >= 0.3 is 0 Å². The molecule has 0 radical (unpaired) electrons. The van der Waals surface area contributed by atoms with E-state index in [1.54, 1.807) is 23.7 Å². The summed E-state index contributed by atoms with van der Waals surface area (Å²) >= 11 is 1.47. The highest BCUT2D eigenvalue weighted by Gasteiger charge is 2.04. The number of amides is 1. The van der Waals surface area contributed by atoms with Gasteiger partial charge in [0.25, 0.3) is 11.5 Å². The van der Waals surface area contributed by atoms with Crippen LogP contribution in [0.3, 0.4) is 0 Å². The average molecular weight is 249 g/mol. The zero-order valence-corrected chi connectivity index (χ0v) is 9.81. The fourth-order valence-electron chi connectivity index (χ4n) is 1.33. The van der Waals surface area contributed by atoms with Crippen LogP contribution in [0, 0.1) is 0 Å². The van der Waals surface area contributed by atoms with Gasteiger partial charge in [0.2, 0.25) is 0 Å². The standard InChI is InChI=1S/C11H11N3O2S/c15-10-2-1-4-13-14(10)6-5-12-11(16)9-3-7-17-8-9/h1-4,7-8H,5-6H2,(H,12,16). The first-order chi connectivity index (χ1) is 8.27. The van der Waals surface area contributed by atoms with E-state index in [-0.39, 0.29) is 11.5 Å². The number of thiophene rings is 1. The van der Waals surface area contributed by atoms with Gasteiger partial charge in [0.05, 0.1) is 6.54 Å². The minimum Gasteiger partial charge on any atom is -0.350 e. The second-order valence-electron chi connectivity index (χ2n) is 3.35. The predicted octanol–water partition coefficient (Wildman–Crippen LogP) is 0.735. The van der Waals surface area contributed by atoms with Gasteiger partial charge in [-0.15, -0.1) is 0 Å². The molecule has 88 valence electrons. The largest absolute Gasteiger partial charge is 0.350 e. The number of hydrogen-bond donors (Lipinski definition) is 1. The first-order valence-electron chi connectivity index (χ1n) is 5.10. The van der Waals surface area contributed by atoms with E-state index in [0.717, 1.165) is 0 Å². The topological polar surface area (TPSA) is 64.0 Å². The van der Waals surface area contributed by atoms with Gasteiger partial charge in [0.1, 0.15) is 0 Å². The number of carbonyl (C=O) groups is 1. The van der Waals surface area contributed by atoms with E-state index in [9.17, 15) is 9.59 Å². The van der Waals surface area contributed by atoms with E-state index in [4.69, 9.17) is 0 Å². The van der Waals surface area contributed by atoms with Crippen molar-refractivity contribution in [3.63, 3.8) is 0 Å². The van der Waals surface area contributed by atoms with Crippen LogP contribution >= 0.6 is 11.3 Å². The quantitative estimate of drug-likeness (QED) is 0.869. The van der Waals surface area contributed by atoms with Crippen LogP contribution in [0.1, 0.15) is 10.4 Å². The number of rotatable bonds is 4. The van der Waals surface area contributed by atoms with Gasteiger partial charge < -0.3 is 5.32 Å². The van der Waals surface area contributed by atoms with E-state index in [2.05, 4.69) is 10.4 Å². The molecule has 5 nitrogen and oxygen atoms in total. The zero-order chi connectivity index (χ0) is 12.1. The molecule has 17 heavy (non-hydrogen) atoms. The Labute approximate surface area is 102 Å². The molecule has 6 heteroatoms. The highest BCUT2D eigenvalue weighted by Crippen LogP contribution is 2.04. The van der Waals surface area contributed by atoms with E-state index in [1.165, 1.54) is 22.1 Å². The van der Waals surface area contributed by atoms with E-state index in [0.29, 0.717) is 18.7 Å². The van der Waals surface area contributed by atoms with E-state index < -0.39 is 0 Å². The molecule has 2 rings (SSSR count). The second-order valence-corrected chi connectivity index (χ2v) is 4.13. The van der Waals surface area contributed by atoms with Gasteiger partial charge in [-0.2, -0.15) is 16.4 Å². The molecule has 2 aromatic heterocycles. The number of nitrogens with zero attached hydrogens (tertiary/aromatic N) is 2. The minimum absolute atomic E-state index is 0.129. The number of carbonyl (C=O) groups excluding carboxylic acids is 1. The summed E-state index contributed by atoms with van der Waals surface area (Å²) in [4.78, 5) is 22.9. The molecule has 0 aliphatic carbocycles. The molecular formula is C11H11N3O2S. The van der Waals surface area contributed by atoms with Crippen LogP contribution in [-0.2, 0) is 6.54 Å². The first kappa shape index (κ1) is 11.5. The molecule has 0 aromatic carbocycles. The van der Waals surface area contributed by atoms with Gasteiger partial charge in [0, 0.05) is 29.8 Å². The molecule has 0 atom stereocenters. The summed E-state index contributed by atoms with van der Waals surface area (Å²) in [5, 5.41) is 10.2. The third kappa shape index (κ3) is 3.01. The van der Waals surface area contributed by atoms with Crippen LogP contribution in [0.25, 0.3) is 0 Å². The Bertz CT molecular complexity index is 548. The third-order valence-corrected chi connectivity index (χ3v) is 2.86. The van der Waals surface area contributed by atoms with Crippen LogP contribution in [0.15, 0.2) is 40.0 Å². The highest BCUT2D eigenvalue weighted by atomic mass is 32.1. The SMILES string of the molecule is O=C(NCCn1ncccc1=O)c1ccsc1. The van der Waals surface area contributed by atoms with Crippen molar-refractivity contribution in [2.75, 3.05) is 6.54 Å². The summed E-state index contributed by atoms with van der Waals surface area (Å²) in [6.07, 6.45) is 1.54. The summed E-state index contributed by atoms with van der Waals surface area (Å²) in [5.74, 6) is -0.129. The second kappa shape index (κ2) is 5.40. The van der Waals surface area contributed by atoms with E-state index >= 15 is 0 Å². The molecule has 0 aliphatic rings. The maximum Gasteiger partial charge on any atom is 0.266 e. The van der Waals surface area contributed by atoms with Crippen molar-refractivity contribution < 1.29 is 4.79 Å². The summed E-state index contributed by atoms with van der Waals surface area (Å²) in [6.45, 7) is 0.751. The molecule has 0 saturated carbocycles. The van der Waals surface area contributed by atoms with Crippen LogP contribution in [-0.4, -0.2) is 22.2 Å². The summed E-state index contributed by atoms with van der Waals surface area (Å²) < 4.78 is 1.31. The fourth-order valence-corrected chi connectivity index (χ4v) is 1.96. The Balaban J connectivity index is 1.87. The van der Waals surface area contributed by atoms with Gasteiger partial charge in [-0.25, -0.2) is 4.68 Å². The average Bonchev–Trinajstić information content (AvgIpc) is 2.85. The van der Waals surface area contributed by atoms with Crippen LogP contribution in [0.4, 0.5) is 0 Å². The lowest BCUT2D eigenvalue weighted by Gasteiger charge is -2.04. The number of hydrogen-bond acceptors (Lipinski definition) is 4. The van der Waals surface area contributed by atoms with Crippen LogP contribution < -0.4 is 10.9 Å². The Kier molecular flexibility index (Phi) is 3.66. The number of aromatic nitrogens is 2. The Morgan fingerprint density at radius 1 is 1.47 bits per heavy atom. The lowest BCUT2D eigenvalue weighted by molar-refractivity contribution is 0.0952. The third-order valence-electron chi connectivity index (χ3n) is 2.18. The first-order valence-corrected chi connectivity index (χ1v) is 6.04. The van der Waals surface area contributed by atoms with Crippen molar-refractivity contribution in [1.29, 1.82) is 0 Å². The smallest absolute Gasteiger partial charge is 0.266 e. The number of nitrogens with one attached hydrogen (secondary N) is 1. The minimum atomic E-state index is -0.169. The maximum absolute atomic E-state index is 11.6. The van der Waals surface area contributed by atoms with Crippen molar-refractivity contribution in [2.24, 2.45) is 0 Å².